The first-order chi connectivity index (χ1) is 7.31. The molecule has 0 spiro atoms. The highest BCUT2D eigenvalue weighted by molar-refractivity contribution is 4.79. The highest BCUT2D eigenvalue weighted by Crippen LogP contribution is 2.15. The van der Waals surface area contributed by atoms with Crippen LogP contribution in [-0.2, 0) is 0 Å². The number of likely N-dealkylation sites (tertiary alicyclic amines) is 1. The molecule has 2 unspecified atom stereocenters. The van der Waals surface area contributed by atoms with Crippen LogP contribution in [0.25, 0.3) is 0 Å². The molecule has 0 amide bonds. The summed E-state index contributed by atoms with van der Waals surface area (Å²) in [6.45, 7) is 5.53. The molecule has 0 aromatic rings. The van der Waals surface area contributed by atoms with Crippen molar-refractivity contribution >= 4 is 0 Å². The van der Waals surface area contributed by atoms with Gasteiger partial charge in [0.15, 0.2) is 0 Å². The van der Waals surface area contributed by atoms with E-state index in [0.29, 0.717) is 6.04 Å². The molecule has 0 aliphatic carbocycles. The van der Waals surface area contributed by atoms with E-state index in [0.717, 1.165) is 32.5 Å². The molecular weight excluding hydrogens is 192 g/mol. The van der Waals surface area contributed by atoms with Crippen molar-refractivity contribution in [3.63, 3.8) is 0 Å². The van der Waals surface area contributed by atoms with Crippen LogP contribution in [0.3, 0.4) is 0 Å². The molecule has 2 atom stereocenters. The molecule has 0 aromatic heterocycles. The van der Waals surface area contributed by atoms with Crippen LogP contribution in [0.5, 0.6) is 0 Å². The Morgan fingerprint density at radius 1 is 1.47 bits per heavy atom. The van der Waals surface area contributed by atoms with Gasteiger partial charge in [-0.1, -0.05) is 6.92 Å². The number of aliphatic hydroxyl groups is 2. The van der Waals surface area contributed by atoms with E-state index in [1.54, 1.807) is 0 Å². The maximum atomic E-state index is 9.14. The summed E-state index contributed by atoms with van der Waals surface area (Å²) in [5.74, 6) is 0. The predicted octanol–water partition coefficient (Wildman–Crippen LogP) is -0.196. The normalized spacial score (nSPS) is 24.6. The summed E-state index contributed by atoms with van der Waals surface area (Å²) in [7, 11) is 0. The standard InChI is InChI=1S/C11H24N2O2/c1-2-10(8-14)12-5-7-13-6-3-4-11(13)9-15/h10-12,14-15H,2-9H2,1H3. The first kappa shape index (κ1) is 12.9. The number of hydrogen-bond acceptors (Lipinski definition) is 4. The van der Waals surface area contributed by atoms with Gasteiger partial charge in [-0.15, -0.1) is 0 Å². The van der Waals surface area contributed by atoms with Gasteiger partial charge in [-0.2, -0.15) is 0 Å². The highest BCUT2D eigenvalue weighted by Gasteiger charge is 2.22. The van der Waals surface area contributed by atoms with Crippen molar-refractivity contribution in [3.8, 4) is 0 Å². The first-order valence-corrected chi connectivity index (χ1v) is 6.01. The van der Waals surface area contributed by atoms with Crippen molar-refractivity contribution < 1.29 is 10.2 Å². The minimum absolute atomic E-state index is 0.208. The van der Waals surface area contributed by atoms with Gasteiger partial charge in [-0.25, -0.2) is 0 Å². The molecule has 0 aromatic carbocycles. The molecule has 0 bridgehead atoms. The van der Waals surface area contributed by atoms with Gasteiger partial charge < -0.3 is 15.5 Å². The summed E-state index contributed by atoms with van der Waals surface area (Å²) in [4.78, 5) is 2.33. The van der Waals surface area contributed by atoms with Crippen LogP contribution in [0, 0.1) is 0 Å². The molecule has 4 nitrogen and oxygen atoms in total. The van der Waals surface area contributed by atoms with Gasteiger partial charge in [0, 0.05) is 25.2 Å². The molecule has 1 aliphatic rings. The van der Waals surface area contributed by atoms with E-state index in [9.17, 15) is 0 Å². The maximum Gasteiger partial charge on any atom is 0.0586 e. The van der Waals surface area contributed by atoms with Gasteiger partial charge in [0.25, 0.3) is 0 Å². The lowest BCUT2D eigenvalue weighted by molar-refractivity contribution is 0.155. The average Bonchev–Trinajstić information content (AvgIpc) is 2.72. The van der Waals surface area contributed by atoms with E-state index in [-0.39, 0.29) is 19.3 Å². The van der Waals surface area contributed by atoms with Crippen LogP contribution >= 0.6 is 0 Å². The molecule has 1 aliphatic heterocycles. The molecule has 0 saturated carbocycles. The Kier molecular flexibility index (Phi) is 6.17. The number of nitrogens with one attached hydrogen (secondary N) is 1. The zero-order valence-electron chi connectivity index (χ0n) is 9.65. The first-order valence-electron chi connectivity index (χ1n) is 6.01. The molecular formula is C11H24N2O2. The van der Waals surface area contributed by atoms with E-state index >= 15 is 0 Å². The van der Waals surface area contributed by atoms with E-state index in [1.807, 2.05) is 0 Å². The average molecular weight is 216 g/mol. The molecule has 1 fully saturated rings. The van der Waals surface area contributed by atoms with Gasteiger partial charge in [-0.3, -0.25) is 4.90 Å². The number of rotatable bonds is 7. The fourth-order valence-electron chi connectivity index (χ4n) is 2.15. The summed E-state index contributed by atoms with van der Waals surface area (Å²) in [5.41, 5.74) is 0. The molecule has 4 heteroatoms. The van der Waals surface area contributed by atoms with E-state index < -0.39 is 0 Å². The van der Waals surface area contributed by atoms with Crippen molar-refractivity contribution in [3.05, 3.63) is 0 Å². The van der Waals surface area contributed by atoms with Crippen molar-refractivity contribution in [2.45, 2.75) is 38.3 Å². The second-order valence-corrected chi connectivity index (χ2v) is 4.26. The zero-order chi connectivity index (χ0) is 11.1. The van der Waals surface area contributed by atoms with Crippen molar-refractivity contribution in [2.24, 2.45) is 0 Å². The van der Waals surface area contributed by atoms with Crippen LogP contribution in [0.4, 0.5) is 0 Å². The lowest BCUT2D eigenvalue weighted by Crippen LogP contribution is -2.41. The molecule has 90 valence electrons. The van der Waals surface area contributed by atoms with Gasteiger partial charge in [-0.05, 0) is 25.8 Å². The Hall–Kier alpha value is -0.160. The third-order valence-corrected chi connectivity index (χ3v) is 3.26. The highest BCUT2D eigenvalue weighted by atomic mass is 16.3. The van der Waals surface area contributed by atoms with Gasteiger partial charge in [0.2, 0.25) is 0 Å². The number of nitrogens with zero attached hydrogens (tertiary/aromatic N) is 1. The lowest BCUT2D eigenvalue weighted by Gasteiger charge is -2.24. The molecule has 0 radical (unpaired) electrons. The fraction of sp³-hybridized carbons (Fsp3) is 1.00. The molecule has 3 N–H and O–H groups in total. The SMILES string of the molecule is CCC(CO)NCCN1CCCC1CO. The Labute approximate surface area is 92.3 Å². The fourth-order valence-corrected chi connectivity index (χ4v) is 2.15. The zero-order valence-corrected chi connectivity index (χ0v) is 9.65. The molecule has 15 heavy (non-hydrogen) atoms. The predicted molar refractivity (Wildman–Crippen MR) is 60.8 cm³/mol. The Balaban J connectivity index is 2.13. The molecule has 1 heterocycles. The number of aliphatic hydroxyl groups excluding tert-OH is 2. The monoisotopic (exact) mass is 216 g/mol. The largest absolute Gasteiger partial charge is 0.395 e. The second kappa shape index (κ2) is 7.17. The summed E-state index contributed by atoms with van der Waals surface area (Å²) < 4.78 is 0. The van der Waals surface area contributed by atoms with Crippen molar-refractivity contribution in [1.29, 1.82) is 0 Å². The maximum absolute atomic E-state index is 9.14. The van der Waals surface area contributed by atoms with Crippen LogP contribution in [0.2, 0.25) is 0 Å². The van der Waals surface area contributed by atoms with E-state index in [1.165, 1.54) is 6.42 Å². The van der Waals surface area contributed by atoms with Crippen LogP contribution in [-0.4, -0.2) is 60.0 Å². The summed E-state index contributed by atoms with van der Waals surface area (Å²) in [5, 5.41) is 21.5. The van der Waals surface area contributed by atoms with Crippen LogP contribution < -0.4 is 5.32 Å². The van der Waals surface area contributed by atoms with Gasteiger partial charge in [0.1, 0.15) is 0 Å². The second-order valence-electron chi connectivity index (χ2n) is 4.26. The third-order valence-electron chi connectivity index (χ3n) is 3.26. The third kappa shape index (κ3) is 4.07. The Bertz CT molecular complexity index is 163. The van der Waals surface area contributed by atoms with Crippen LogP contribution in [0.15, 0.2) is 0 Å². The number of hydrogen-bond donors (Lipinski definition) is 3. The summed E-state index contributed by atoms with van der Waals surface area (Å²) in [6.07, 6.45) is 3.27. The molecule has 1 saturated heterocycles. The van der Waals surface area contributed by atoms with E-state index in [4.69, 9.17) is 10.2 Å². The van der Waals surface area contributed by atoms with Crippen molar-refractivity contribution in [2.75, 3.05) is 32.8 Å². The van der Waals surface area contributed by atoms with Gasteiger partial charge >= 0.3 is 0 Å². The van der Waals surface area contributed by atoms with Crippen LogP contribution in [0.1, 0.15) is 26.2 Å². The summed E-state index contributed by atoms with van der Waals surface area (Å²) >= 11 is 0. The van der Waals surface area contributed by atoms with Crippen molar-refractivity contribution in [1.82, 2.24) is 10.2 Å². The topological polar surface area (TPSA) is 55.7 Å². The summed E-state index contributed by atoms with van der Waals surface area (Å²) in [6, 6.07) is 0.584. The Morgan fingerprint density at radius 3 is 2.87 bits per heavy atom. The minimum Gasteiger partial charge on any atom is -0.395 e. The lowest BCUT2D eigenvalue weighted by atomic mass is 10.2. The molecule has 1 rings (SSSR count). The van der Waals surface area contributed by atoms with E-state index in [2.05, 4.69) is 17.1 Å². The minimum atomic E-state index is 0.208. The van der Waals surface area contributed by atoms with Gasteiger partial charge in [0.05, 0.1) is 13.2 Å². The quantitative estimate of drug-likeness (QED) is 0.552. The Morgan fingerprint density at radius 2 is 2.27 bits per heavy atom. The smallest absolute Gasteiger partial charge is 0.0586 e.